The van der Waals surface area contributed by atoms with Crippen molar-refractivity contribution in [2.24, 2.45) is 0 Å². The van der Waals surface area contributed by atoms with E-state index >= 15 is 0 Å². The van der Waals surface area contributed by atoms with Gasteiger partial charge < -0.3 is 9.64 Å². The van der Waals surface area contributed by atoms with Crippen molar-refractivity contribution >= 4 is 29.1 Å². The lowest BCUT2D eigenvalue weighted by Gasteiger charge is -2.15. The van der Waals surface area contributed by atoms with Crippen LogP contribution in [0.15, 0.2) is 42.5 Å². The minimum absolute atomic E-state index is 0.0932. The smallest absolute Gasteiger partial charge is 0.293 e. The fraction of sp³-hybridized carbons (Fsp3) is 0.286. The van der Waals surface area contributed by atoms with Gasteiger partial charge in [0.15, 0.2) is 0 Å². The monoisotopic (exact) mass is 432 g/mol. The van der Waals surface area contributed by atoms with Crippen molar-refractivity contribution in [2.75, 3.05) is 20.2 Å². The maximum atomic E-state index is 12.8. The summed E-state index contributed by atoms with van der Waals surface area (Å²) in [6, 6.07) is 13.0. The van der Waals surface area contributed by atoms with Crippen LogP contribution in [0, 0.1) is 6.92 Å². The number of nitrogens with zero attached hydrogens (tertiary/aromatic N) is 4. The van der Waals surface area contributed by atoms with E-state index in [9.17, 15) is 4.79 Å². The summed E-state index contributed by atoms with van der Waals surface area (Å²) >= 11 is 12.6. The van der Waals surface area contributed by atoms with Gasteiger partial charge in [0.05, 0.1) is 16.6 Å². The third-order valence-corrected chi connectivity index (χ3v) is 5.00. The fourth-order valence-corrected chi connectivity index (χ4v) is 3.30. The van der Waals surface area contributed by atoms with E-state index in [2.05, 4.69) is 10.1 Å². The van der Waals surface area contributed by atoms with E-state index in [4.69, 9.17) is 27.9 Å². The van der Waals surface area contributed by atoms with Crippen molar-refractivity contribution in [3.8, 4) is 11.4 Å². The molecule has 3 rings (SSSR count). The van der Waals surface area contributed by atoms with Crippen LogP contribution in [0.1, 0.15) is 28.9 Å². The minimum atomic E-state index is -0.297. The van der Waals surface area contributed by atoms with Gasteiger partial charge in [-0.1, -0.05) is 53.9 Å². The number of ether oxygens (including phenoxy) is 1. The molecule has 0 radical (unpaired) electrons. The lowest BCUT2D eigenvalue weighted by atomic mass is 10.2. The molecule has 29 heavy (non-hydrogen) atoms. The number of para-hydroxylation sites is 1. The summed E-state index contributed by atoms with van der Waals surface area (Å²) in [4.78, 5) is 18.7. The Morgan fingerprint density at radius 3 is 2.41 bits per heavy atom. The van der Waals surface area contributed by atoms with Crippen molar-refractivity contribution in [3.05, 3.63) is 69.7 Å². The van der Waals surface area contributed by atoms with E-state index < -0.39 is 0 Å². The van der Waals surface area contributed by atoms with E-state index in [1.807, 2.05) is 38.1 Å². The van der Waals surface area contributed by atoms with Gasteiger partial charge in [-0.2, -0.15) is 0 Å². The van der Waals surface area contributed by atoms with Crippen LogP contribution in [-0.4, -0.2) is 45.8 Å². The molecular formula is C21H22Cl2N4O2. The standard InChI is InChI=1S/C21H22Cl2N4O2/c1-4-18-24-20(25-27(18)19-16(22)6-5-7-17(19)23)21(28)26(3)12-13-29-15-10-8-14(2)9-11-15/h5-11H,4,12-13H2,1-3H3. The molecule has 0 unspecified atom stereocenters. The second-order valence-corrected chi connectivity index (χ2v) is 7.39. The molecule has 0 atom stereocenters. The molecule has 1 heterocycles. The Labute approximate surface area is 180 Å². The quantitative estimate of drug-likeness (QED) is 0.547. The van der Waals surface area contributed by atoms with Crippen LogP contribution >= 0.6 is 23.2 Å². The maximum Gasteiger partial charge on any atom is 0.293 e. The summed E-state index contributed by atoms with van der Waals surface area (Å²) < 4.78 is 7.23. The van der Waals surface area contributed by atoms with Crippen molar-refractivity contribution in [2.45, 2.75) is 20.3 Å². The van der Waals surface area contributed by atoms with Gasteiger partial charge in [-0.3, -0.25) is 4.79 Å². The van der Waals surface area contributed by atoms with Gasteiger partial charge in [0, 0.05) is 13.5 Å². The normalized spacial score (nSPS) is 10.8. The molecular weight excluding hydrogens is 411 g/mol. The van der Waals surface area contributed by atoms with Gasteiger partial charge in [-0.25, -0.2) is 9.67 Å². The number of amides is 1. The van der Waals surface area contributed by atoms with Crippen LogP contribution in [0.25, 0.3) is 5.69 Å². The number of aromatic nitrogens is 3. The number of aryl methyl sites for hydroxylation is 2. The van der Waals surface area contributed by atoms with E-state index in [-0.39, 0.29) is 11.7 Å². The third-order valence-electron chi connectivity index (χ3n) is 4.39. The molecule has 0 aliphatic heterocycles. The second-order valence-electron chi connectivity index (χ2n) is 6.58. The first kappa shape index (κ1) is 21.1. The number of rotatable bonds is 7. The summed E-state index contributed by atoms with van der Waals surface area (Å²) in [5, 5.41) is 5.26. The highest BCUT2D eigenvalue weighted by molar-refractivity contribution is 6.37. The highest BCUT2D eigenvalue weighted by atomic mass is 35.5. The SMILES string of the molecule is CCc1nc(C(=O)N(C)CCOc2ccc(C)cc2)nn1-c1c(Cl)cccc1Cl. The van der Waals surface area contributed by atoms with Crippen LogP contribution < -0.4 is 4.74 Å². The van der Waals surface area contributed by atoms with Crippen molar-refractivity contribution in [1.82, 2.24) is 19.7 Å². The number of carbonyl (C=O) groups is 1. The van der Waals surface area contributed by atoms with Gasteiger partial charge in [0.25, 0.3) is 5.91 Å². The molecule has 0 bridgehead atoms. The van der Waals surface area contributed by atoms with Gasteiger partial charge in [0.1, 0.15) is 23.9 Å². The lowest BCUT2D eigenvalue weighted by Crippen LogP contribution is -2.31. The average Bonchev–Trinajstić information content (AvgIpc) is 3.12. The van der Waals surface area contributed by atoms with Crippen molar-refractivity contribution in [3.63, 3.8) is 0 Å². The van der Waals surface area contributed by atoms with Crippen LogP contribution in [-0.2, 0) is 6.42 Å². The summed E-state index contributed by atoms with van der Waals surface area (Å²) in [6.45, 7) is 4.71. The van der Waals surface area contributed by atoms with Gasteiger partial charge in [0.2, 0.25) is 5.82 Å². The van der Waals surface area contributed by atoms with Gasteiger partial charge in [-0.05, 0) is 31.2 Å². The molecule has 0 aliphatic carbocycles. The molecule has 0 fully saturated rings. The number of hydrogen-bond acceptors (Lipinski definition) is 4. The summed E-state index contributed by atoms with van der Waals surface area (Å²) in [5.41, 5.74) is 1.68. The third kappa shape index (κ3) is 4.89. The van der Waals surface area contributed by atoms with Crippen LogP contribution in [0.4, 0.5) is 0 Å². The Hall–Kier alpha value is -2.57. The first-order chi connectivity index (χ1) is 13.9. The molecule has 0 saturated heterocycles. The molecule has 0 aliphatic rings. The van der Waals surface area contributed by atoms with Crippen LogP contribution in [0.5, 0.6) is 5.75 Å². The molecule has 3 aromatic rings. The minimum Gasteiger partial charge on any atom is -0.492 e. The Morgan fingerprint density at radius 2 is 1.79 bits per heavy atom. The molecule has 6 nitrogen and oxygen atoms in total. The number of likely N-dealkylation sites (N-methyl/N-ethyl adjacent to an activating group) is 1. The molecule has 0 spiro atoms. The number of hydrogen-bond donors (Lipinski definition) is 0. The summed E-state index contributed by atoms with van der Waals surface area (Å²) in [7, 11) is 1.69. The molecule has 0 saturated carbocycles. The summed E-state index contributed by atoms with van der Waals surface area (Å²) in [6.07, 6.45) is 0.572. The largest absolute Gasteiger partial charge is 0.492 e. The zero-order valence-electron chi connectivity index (χ0n) is 16.5. The Morgan fingerprint density at radius 1 is 1.14 bits per heavy atom. The lowest BCUT2D eigenvalue weighted by molar-refractivity contribution is 0.0762. The number of halogens is 2. The maximum absolute atomic E-state index is 12.8. The molecule has 152 valence electrons. The predicted molar refractivity (Wildman–Crippen MR) is 114 cm³/mol. The van der Waals surface area contributed by atoms with Gasteiger partial charge in [-0.15, -0.1) is 5.10 Å². The molecule has 8 heteroatoms. The highest BCUT2D eigenvalue weighted by Crippen LogP contribution is 2.28. The fourth-order valence-electron chi connectivity index (χ4n) is 2.74. The van der Waals surface area contributed by atoms with Gasteiger partial charge >= 0.3 is 0 Å². The summed E-state index contributed by atoms with van der Waals surface area (Å²) in [5.74, 6) is 1.16. The Bertz CT molecular complexity index is 982. The first-order valence-electron chi connectivity index (χ1n) is 9.26. The highest BCUT2D eigenvalue weighted by Gasteiger charge is 2.22. The predicted octanol–water partition coefficient (Wildman–Crippen LogP) is 4.60. The molecule has 2 aromatic carbocycles. The zero-order valence-corrected chi connectivity index (χ0v) is 18.0. The van der Waals surface area contributed by atoms with E-state index in [1.165, 1.54) is 9.58 Å². The number of carbonyl (C=O) groups excluding carboxylic acids is 1. The van der Waals surface area contributed by atoms with Crippen molar-refractivity contribution < 1.29 is 9.53 Å². The average molecular weight is 433 g/mol. The first-order valence-corrected chi connectivity index (χ1v) is 10.0. The molecule has 1 amide bonds. The van der Waals surface area contributed by atoms with Crippen LogP contribution in [0.3, 0.4) is 0 Å². The van der Waals surface area contributed by atoms with Crippen LogP contribution in [0.2, 0.25) is 10.0 Å². The zero-order chi connectivity index (χ0) is 21.0. The molecule has 1 aromatic heterocycles. The topological polar surface area (TPSA) is 60.3 Å². The Kier molecular flexibility index (Phi) is 6.77. The van der Waals surface area contributed by atoms with Crippen molar-refractivity contribution in [1.29, 1.82) is 0 Å². The Balaban J connectivity index is 1.72. The van der Waals surface area contributed by atoms with E-state index in [0.29, 0.717) is 41.1 Å². The number of benzene rings is 2. The molecule has 0 N–H and O–H groups in total. The van der Waals surface area contributed by atoms with E-state index in [0.717, 1.165) is 11.3 Å². The van der Waals surface area contributed by atoms with E-state index in [1.54, 1.807) is 25.2 Å². The second kappa shape index (κ2) is 9.29.